The number of thiophene rings is 1. The molecule has 0 aliphatic carbocycles. The summed E-state index contributed by atoms with van der Waals surface area (Å²) < 4.78 is 5.44. The second-order valence-corrected chi connectivity index (χ2v) is 7.38. The van der Waals surface area contributed by atoms with Crippen LogP contribution in [0.25, 0.3) is 11.5 Å². The molecule has 3 heterocycles. The van der Waals surface area contributed by atoms with Crippen molar-refractivity contribution >= 4 is 17.2 Å². The van der Waals surface area contributed by atoms with Gasteiger partial charge in [0.25, 0.3) is 5.89 Å². The third kappa shape index (κ3) is 3.35. The Kier molecular flexibility index (Phi) is 4.36. The number of rotatable bonds is 5. The van der Waals surface area contributed by atoms with E-state index in [1.165, 1.54) is 4.88 Å². The molecule has 1 aliphatic heterocycles. The predicted molar refractivity (Wildman–Crippen MR) is 96.4 cm³/mol. The van der Waals surface area contributed by atoms with Crippen LogP contribution in [0.1, 0.15) is 28.6 Å². The largest absolute Gasteiger partial charge is 0.342 e. The summed E-state index contributed by atoms with van der Waals surface area (Å²) in [4.78, 5) is 20.1. The van der Waals surface area contributed by atoms with Crippen LogP contribution < -0.4 is 0 Å². The number of benzene rings is 1. The number of carbonyl (C=O) groups excluding carboxylic acids is 1. The van der Waals surface area contributed by atoms with Gasteiger partial charge >= 0.3 is 0 Å². The molecule has 128 valence electrons. The van der Waals surface area contributed by atoms with Crippen molar-refractivity contribution in [2.24, 2.45) is 0 Å². The summed E-state index contributed by atoms with van der Waals surface area (Å²) in [6, 6.07) is 12.1. The van der Waals surface area contributed by atoms with E-state index in [2.05, 4.69) is 21.6 Å². The fourth-order valence-corrected chi connectivity index (χ4v) is 3.88. The van der Waals surface area contributed by atoms with E-state index in [0.29, 0.717) is 24.7 Å². The van der Waals surface area contributed by atoms with E-state index in [4.69, 9.17) is 4.52 Å². The summed E-state index contributed by atoms with van der Waals surface area (Å²) in [6.45, 7) is 3.43. The molecule has 5 nitrogen and oxygen atoms in total. The van der Waals surface area contributed by atoms with Gasteiger partial charge in [0.05, 0.1) is 0 Å². The molecule has 1 saturated heterocycles. The zero-order chi connectivity index (χ0) is 17.2. The molecule has 1 aromatic carbocycles. The number of amides is 1. The van der Waals surface area contributed by atoms with Crippen LogP contribution in [-0.4, -0.2) is 34.0 Å². The summed E-state index contributed by atoms with van der Waals surface area (Å²) in [5.41, 5.74) is 2.04. The molecule has 0 spiro atoms. The van der Waals surface area contributed by atoms with Crippen LogP contribution in [0.3, 0.4) is 0 Å². The van der Waals surface area contributed by atoms with Crippen LogP contribution >= 0.6 is 11.3 Å². The van der Waals surface area contributed by atoms with Gasteiger partial charge < -0.3 is 9.42 Å². The number of aryl methyl sites for hydroxylation is 1. The Morgan fingerprint density at radius 3 is 2.96 bits per heavy atom. The van der Waals surface area contributed by atoms with E-state index in [1.54, 1.807) is 11.3 Å². The van der Waals surface area contributed by atoms with Gasteiger partial charge in [-0.15, -0.1) is 11.3 Å². The second kappa shape index (κ2) is 6.80. The Bertz CT molecular complexity index is 872. The van der Waals surface area contributed by atoms with Crippen LogP contribution in [-0.2, 0) is 11.2 Å². The lowest BCUT2D eigenvalue weighted by atomic mass is 10.1. The summed E-state index contributed by atoms with van der Waals surface area (Å²) in [5, 5.41) is 6.20. The molecule has 3 aromatic rings. The van der Waals surface area contributed by atoms with Crippen LogP contribution in [0.4, 0.5) is 0 Å². The highest BCUT2D eigenvalue weighted by Crippen LogP contribution is 2.29. The minimum absolute atomic E-state index is 0.0114. The van der Waals surface area contributed by atoms with E-state index in [-0.39, 0.29) is 11.8 Å². The van der Waals surface area contributed by atoms with Crippen molar-refractivity contribution in [3.8, 4) is 11.5 Å². The Labute approximate surface area is 150 Å². The molecule has 0 bridgehead atoms. The highest BCUT2D eigenvalue weighted by Gasteiger charge is 2.33. The summed E-state index contributed by atoms with van der Waals surface area (Å²) in [5.74, 6) is 1.34. The van der Waals surface area contributed by atoms with E-state index in [0.717, 1.165) is 24.1 Å². The highest BCUT2D eigenvalue weighted by atomic mass is 32.1. The molecule has 0 saturated carbocycles. The number of nitrogens with zero attached hydrogens (tertiary/aromatic N) is 3. The van der Waals surface area contributed by atoms with Crippen LogP contribution in [0.15, 0.2) is 46.3 Å². The van der Waals surface area contributed by atoms with Gasteiger partial charge in [0.2, 0.25) is 5.91 Å². The van der Waals surface area contributed by atoms with Gasteiger partial charge in [-0.05, 0) is 36.4 Å². The maximum Gasteiger partial charge on any atom is 0.258 e. The van der Waals surface area contributed by atoms with Crippen molar-refractivity contribution in [2.75, 3.05) is 13.1 Å². The maximum atomic E-state index is 12.3. The lowest BCUT2D eigenvalue weighted by molar-refractivity contribution is -0.127. The number of hydrogen-bond donors (Lipinski definition) is 0. The van der Waals surface area contributed by atoms with Crippen LogP contribution in [0.2, 0.25) is 0 Å². The average molecular weight is 353 g/mol. The molecule has 1 unspecified atom stereocenters. The van der Waals surface area contributed by atoms with Crippen molar-refractivity contribution in [1.82, 2.24) is 15.0 Å². The molecule has 25 heavy (non-hydrogen) atoms. The molecule has 2 aromatic heterocycles. The number of carbonyl (C=O) groups is 1. The normalized spacial score (nSPS) is 17.4. The lowest BCUT2D eigenvalue weighted by Crippen LogP contribution is -2.27. The van der Waals surface area contributed by atoms with Gasteiger partial charge in [-0.2, -0.15) is 4.98 Å². The molecule has 0 radical (unpaired) electrons. The van der Waals surface area contributed by atoms with E-state index < -0.39 is 0 Å². The quantitative estimate of drug-likeness (QED) is 0.702. The molecule has 4 rings (SSSR count). The molecule has 6 heteroatoms. The second-order valence-electron chi connectivity index (χ2n) is 6.34. The Morgan fingerprint density at radius 1 is 1.28 bits per heavy atom. The molecule has 1 aliphatic rings. The minimum atomic E-state index is 0.0114. The average Bonchev–Trinajstić information content (AvgIpc) is 3.34. The molecule has 1 amide bonds. The summed E-state index contributed by atoms with van der Waals surface area (Å²) in [6.07, 6.45) is 1.36. The zero-order valence-electron chi connectivity index (χ0n) is 14.0. The standard InChI is InChI=1S/C19H19N3O2S/c1-13-5-2-3-7-16(13)19-20-18(21-24-19)14-11-17(23)22(12-14)9-8-15-6-4-10-25-15/h2-7,10,14H,8-9,11-12H2,1H3. The molecule has 1 fully saturated rings. The SMILES string of the molecule is Cc1ccccc1-c1nc(C2CC(=O)N(CCc3cccs3)C2)no1. The fourth-order valence-electron chi connectivity index (χ4n) is 3.18. The van der Waals surface area contributed by atoms with E-state index in [9.17, 15) is 4.79 Å². The van der Waals surface area contributed by atoms with Crippen LogP contribution in [0.5, 0.6) is 0 Å². The molecule has 0 N–H and O–H groups in total. The summed E-state index contributed by atoms with van der Waals surface area (Å²) in [7, 11) is 0. The van der Waals surface area contributed by atoms with E-state index in [1.807, 2.05) is 42.2 Å². The lowest BCUT2D eigenvalue weighted by Gasteiger charge is -2.15. The first kappa shape index (κ1) is 16.0. The van der Waals surface area contributed by atoms with Crippen molar-refractivity contribution < 1.29 is 9.32 Å². The monoisotopic (exact) mass is 353 g/mol. The number of likely N-dealkylation sites (tertiary alicyclic amines) is 1. The van der Waals surface area contributed by atoms with Gasteiger partial charge in [0, 0.05) is 35.9 Å². The van der Waals surface area contributed by atoms with Gasteiger partial charge in [0.1, 0.15) is 0 Å². The first-order valence-electron chi connectivity index (χ1n) is 8.40. The Morgan fingerprint density at radius 2 is 2.16 bits per heavy atom. The third-order valence-electron chi connectivity index (χ3n) is 4.61. The smallest absolute Gasteiger partial charge is 0.258 e. The zero-order valence-corrected chi connectivity index (χ0v) is 14.8. The van der Waals surface area contributed by atoms with Gasteiger partial charge in [0.15, 0.2) is 5.82 Å². The first-order valence-corrected chi connectivity index (χ1v) is 9.28. The molecular weight excluding hydrogens is 334 g/mol. The molecule has 1 atom stereocenters. The van der Waals surface area contributed by atoms with Gasteiger partial charge in [-0.25, -0.2) is 0 Å². The third-order valence-corrected chi connectivity index (χ3v) is 5.54. The Balaban J connectivity index is 1.44. The first-order chi connectivity index (χ1) is 12.2. The maximum absolute atomic E-state index is 12.3. The van der Waals surface area contributed by atoms with Gasteiger partial charge in [-0.1, -0.05) is 29.4 Å². The number of hydrogen-bond acceptors (Lipinski definition) is 5. The van der Waals surface area contributed by atoms with E-state index >= 15 is 0 Å². The van der Waals surface area contributed by atoms with Crippen molar-refractivity contribution in [1.29, 1.82) is 0 Å². The number of aromatic nitrogens is 2. The van der Waals surface area contributed by atoms with Crippen LogP contribution in [0, 0.1) is 6.92 Å². The molecular formula is C19H19N3O2S. The Hall–Kier alpha value is -2.47. The van der Waals surface area contributed by atoms with Crippen molar-refractivity contribution in [3.63, 3.8) is 0 Å². The van der Waals surface area contributed by atoms with Gasteiger partial charge in [-0.3, -0.25) is 4.79 Å². The van der Waals surface area contributed by atoms with Crippen molar-refractivity contribution in [2.45, 2.75) is 25.7 Å². The minimum Gasteiger partial charge on any atom is -0.342 e. The summed E-state index contributed by atoms with van der Waals surface area (Å²) >= 11 is 1.73. The fraction of sp³-hybridized carbons (Fsp3) is 0.316. The van der Waals surface area contributed by atoms with Crippen molar-refractivity contribution in [3.05, 3.63) is 58.0 Å². The predicted octanol–water partition coefficient (Wildman–Crippen LogP) is 3.67. The highest BCUT2D eigenvalue weighted by molar-refractivity contribution is 7.09. The topological polar surface area (TPSA) is 59.2 Å².